The lowest BCUT2D eigenvalue weighted by Gasteiger charge is -2.21. The standard InChI is InChI=1S/C14H16BrNO2/c15-5-6-16(13-3-4-13)14(17)10-1-2-11-8-18-9-12(11)7-10/h1-2,7,13H,3-6,8-9H2. The molecule has 1 fully saturated rings. The average Bonchev–Trinajstić information content (AvgIpc) is 3.12. The van der Waals surface area contributed by atoms with Gasteiger partial charge in [-0.15, -0.1) is 0 Å². The molecule has 18 heavy (non-hydrogen) atoms. The lowest BCUT2D eigenvalue weighted by Crippen LogP contribution is -2.34. The summed E-state index contributed by atoms with van der Waals surface area (Å²) >= 11 is 3.42. The van der Waals surface area contributed by atoms with Crippen LogP contribution in [0.2, 0.25) is 0 Å². The number of halogens is 1. The second-order valence-corrected chi connectivity index (χ2v) is 5.69. The van der Waals surface area contributed by atoms with Gasteiger partial charge in [0.15, 0.2) is 0 Å². The zero-order valence-electron chi connectivity index (χ0n) is 10.2. The summed E-state index contributed by atoms with van der Waals surface area (Å²) in [5, 5.41) is 0.837. The van der Waals surface area contributed by atoms with E-state index in [0.29, 0.717) is 19.3 Å². The second kappa shape index (κ2) is 5.02. The quantitative estimate of drug-likeness (QED) is 0.800. The number of fused-ring (bicyclic) bond motifs is 1. The molecule has 2 aliphatic rings. The lowest BCUT2D eigenvalue weighted by molar-refractivity contribution is 0.0754. The summed E-state index contributed by atoms with van der Waals surface area (Å²) in [5.74, 6) is 0.159. The molecule has 1 aliphatic carbocycles. The highest BCUT2D eigenvalue weighted by Gasteiger charge is 2.32. The Kier molecular flexibility index (Phi) is 3.39. The molecular weight excluding hydrogens is 294 g/mol. The summed E-state index contributed by atoms with van der Waals surface area (Å²) in [6.45, 7) is 2.10. The highest BCUT2D eigenvalue weighted by molar-refractivity contribution is 9.09. The van der Waals surface area contributed by atoms with E-state index in [1.165, 1.54) is 5.56 Å². The first kappa shape index (κ1) is 12.2. The third kappa shape index (κ3) is 2.31. The summed E-state index contributed by atoms with van der Waals surface area (Å²) in [6.07, 6.45) is 2.29. The van der Waals surface area contributed by atoms with E-state index in [1.54, 1.807) is 0 Å². The highest BCUT2D eigenvalue weighted by Crippen LogP contribution is 2.29. The maximum absolute atomic E-state index is 12.5. The fourth-order valence-corrected chi connectivity index (χ4v) is 2.78. The number of ether oxygens (including phenoxy) is 1. The van der Waals surface area contributed by atoms with Crippen molar-refractivity contribution < 1.29 is 9.53 Å². The van der Waals surface area contributed by atoms with Gasteiger partial charge in [0.05, 0.1) is 13.2 Å². The Morgan fingerprint density at radius 1 is 1.33 bits per heavy atom. The van der Waals surface area contributed by atoms with E-state index in [-0.39, 0.29) is 5.91 Å². The first-order valence-corrected chi connectivity index (χ1v) is 7.48. The Bertz CT molecular complexity index is 471. The van der Waals surface area contributed by atoms with E-state index < -0.39 is 0 Å². The Morgan fingerprint density at radius 3 is 2.83 bits per heavy atom. The van der Waals surface area contributed by atoms with Crippen LogP contribution in [0.4, 0.5) is 0 Å². The van der Waals surface area contributed by atoms with Crippen LogP contribution in [0, 0.1) is 0 Å². The van der Waals surface area contributed by atoms with Gasteiger partial charge in [-0.05, 0) is 36.1 Å². The van der Waals surface area contributed by atoms with Gasteiger partial charge in [0.25, 0.3) is 5.91 Å². The van der Waals surface area contributed by atoms with Gasteiger partial charge in [0.2, 0.25) is 0 Å². The van der Waals surface area contributed by atoms with Crippen LogP contribution in [0.25, 0.3) is 0 Å². The van der Waals surface area contributed by atoms with Gasteiger partial charge in [-0.3, -0.25) is 4.79 Å². The molecule has 3 rings (SSSR count). The van der Waals surface area contributed by atoms with Crippen LogP contribution >= 0.6 is 15.9 Å². The minimum atomic E-state index is 0.159. The van der Waals surface area contributed by atoms with Gasteiger partial charge in [-0.1, -0.05) is 22.0 Å². The molecule has 0 N–H and O–H groups in total. The molecule has 0 bridgehead atoms. The molecular formula is C14H16BrNO2. The molecule has 3 nitrogen and oxygen atoms in total. The normalized spacial score (nSPS) is 17.6. The van der Waals surface area contributed by atoms with Crippen molar-refractivity contribution >= 4 is 21.8 Å². The first-order valence-electron chi connectivity index (χ1n) is 6.36. The third-order valence-corrected chi connectivity index (χ3v) is 3.90. The molecule has 0 radical (unpaired) electrons. The lowest BCUT2D eigenvalue weighted by atomic mass is 10.1. The first-order chi connectivity index (χ1) is 8.79. The minimum absolute atomic E-state index is 0.159. The Hall–Kier alpha value is -0.870. The van der Waals surface area contributed by atoms with Crippen molar-refractivity contribution in [2.45, 2.75) is 32.1 Å². The van der Waals surface area contributed by atoms with Gasteiger partial charge in [-0.25, -0.2) is 0 Å². The number of alkyl halides is 1. The van der Waals surface area contributed by atoms with Gasteiger partial charge in [-0.2, -0.15) is 0 Å². The zero-order chi connectivity index (χ0) is 12.5. The van der Waals surface area contributed by atoms with Crippen LogP contribution < -0.4 is 0 Å². The van der Waals surface area contributed by atoms with Crippen molar-refractivity contribution in [1.29, 1.82) is 0 Å². The van der Waals surface area contributed by atoms with Crippen LogP contribution in [0.3, 0.4) is 0 Å². The summed E-state index contributed by atoms with van der Waals surface area (Å²) in [7, 11) is 0. The maximum Gasteiger partial charge on any atom is 0.254 e. The van der Waals surface area contributed by atoms with E-state index in [9.17, 15) is 4.79 Å². The van der Waals surface area contributed by atoms with Gasteiger partial charge < -0.3 is 9.64 Å². The van der Waals surface area contributed by atoms with Crippen molar-refractivity contribution in [2.75, 3.05) is 11.9 Å². The third-order valence-electron chi connectivity index (χ3n) is 3.54. The van der Waals surface area contributed by atoms with Gasteiger partial charge in [0, 0.05) is 23.5 Å². The van der Waals surface area contributed by atoms with Crippen LogP contribution in [0.15, 0.2) is 18.2 Å². The Balaban J connectivity index is 1.82. The highest BCUT2D eigenvalue weighted by atomic mass is 79.9. The summed E-state index contributed by atoms with van der Waals surface area (Å²) in [5.41, 5.74) is 3.17. The number of hydrogen-bond donors (Lipinski definition) is 0. The molecule has 1 aromatic carbocycles. The minimum Gasteiger partial charge on any atom is -0.372 e. The summed E-state index contributed by atoms with van der Waals surface area (Å²) < 4.78 is 5.39. The summed E-state index contributed by atoms with van der Waals surface area (Å²) in [6, 6.07) is 6.40. The largest absolute Gasteiger partial charge is 0.372 e. The van der Waals surface area contributed by atoms with Crippen LogP contribution in [0.5, 0.6) is 0 Å². The molecule has 1 aliphatic heterocycles. The number of carbonyl (C=O) groups excluding carboxylic acids is 1. The smallest absolute Gasteiger partial charge is 0.254 e. The van der Waals surface area contributed by atoms with Crippen molar-refractivity contribution in [1.82, 2.24) is 4.90 Å². The molecule has 0 saturated heterocycles. The van der Waals surface area contributed by atoms with E-state index >= 15 is 0 Å². The van der Waals surface area contributed by atoms with Crippen molar-refractivity contribution in [3.63, 3.8) is 0 Å². The number of benzene rings is 1. The Morgan fingerprint density at radius 2 is 2.11 bits per heavy atom. The van der Waals surface area contributed by atoms with Crippen molar-refractivity contribution in [3.8, 4) is 0 Å². The van der Waals surface area contributed by atoms with Gasteiger partial charge >= 0.3 is 0 Å². The number of carbonyl (C=O) groups is 1. The van der Waals surface area contributed by atoms with E-state index in [0.717, 1.165) is 35.8 Å². The van der Waals surface area contributed by atoms with E-state index in [4.69, 9.17) is 4.74 Å². The molecule has 0 unspecified atom stereocenters. The fraction of sp³-hybridized carbons (Fsp3) is 0.500. The number of hydrogen-bond acceptors (Lipinski definition) is 2. The molecule has 4 heteroatoms. The SMILES string of the molecule is O=C(c1ccc2c(c1)COC2)N(CCBr)C1CC1. The van der Waals surface area contributed by atoms with Crippen LogP contribution in [-0.2, 0) is 18.0 Å². The molecule has 0 spiro atoms. The zero-order valence-corrected chi connectivity index (χ0v) is 11.8. The predicted octanol–water partition coefficient (Wildman–Crippen LogP) is 2.72. The van der Waals surface area contributed by atoms with Crippen molar-refractivity contribution in [3.05, 3.63) is 34.9 Å². The topological polar surface area (TPSA) is 29.5 Å². The van der Waals surface area contributed by atoms with E-state index in [2.05, 4.69) is 15.9 Å². The molecule has 96 valence electrons. The number of rotatable bonds is 4. The number of amides is 1. The molecule has 0 atom stereocenters. The van der Waals surface area contributed by atoms with Gasteiger partial charge in [0.1, 0.15) is 0 Å². The monoisotopic (exact) mass is 309 g/mol. The molecule has 0 aromatic heterocycles. The average molecular weight is 310 g/mol. The molecule has 1 amide bonds. The number of nitrogens with zero attached hydrogens (tertiary/aromatic N) is 1. The second-order valence-electron chi connectivity index (χ2n) is 4.89. The molecule has 1 heterocycles. The van der Waals surface area contributed by atoms with Crippen LogP contribution in [0.1, 0.15) is 34.3 Å². The van der Waals surface area contributed by atoms with E-state index in [1.807, 2.05) is 23.1 Å². The maximum atomic E-state index is 12.5. The Labute approximate surface area is 115 Å². The predicted molar refractivity (Wildman–Crippen MR) is 72.8 cm³/mol. The fourth-order valence-electron chi connectivity index (χ4n) is 2.40. The summed E-state index contributed by atoms with van der Waals surface area (Å²) in [4.78, 5) is 14.5. The van der Waals surface area contributed by atoms with Crippen LogP contribution in [-0.4, -0.2) is 28.7 Å². The molecule has 1 saturated carbocycles. The van der Waals surface area contributed by atoms with Crippen molar-refractivity contribution in [2.24, 2.45) is 0 Å². The molecule has 1 aromatic rings.